The van der Waals surface area contributed by atoms with Gasteiger partial charge in [0.2, 0.25) is 11.2 Å². The van der Waals surface area contributed by atoms with E-state index in [4.69, 9.17) is 18.6 Å². The lowest BCUT2D eigenvalue weighted by Gasteiger charge is -2.26. The minimum absolute atomic E-state index is 0.0531. The number of halogens is 3. The van der Waals surface area contributed by atoms with Crippen LogP contribution in [-0.2, 0) is 11.0 Å². The second kappa shape index (κ2) is 10.3. The van der Waals surface area contributed by atoms with Crippen LogP contribution in [0.15, 0.2) is 51.7 Å². The van der Waals surface area contributed by atoms with E-state index in [1.54, 1.807) is 24.0 Å². The number of rotatable bonds is 7. The zero-order chi connectivity index (χ0) is 25.0. The molecule has 1 aromatic heterocycles. The molecule has 1 saturated heterocycles. The van der Waals surface area contributed by atoms with Crippen molar-refractivity contribution in [1.29, 1.82) is 0 Å². The molecule has 0 radical (unpaired) electrons. The van der Waals surface area contributed by atoms with E-state index in [9.17, 15) is 22.8 Å². The second-order valence-electron chi connectivity index (χ2n) is 7.96. The van der Waals surface area contributed by atoms with Crippen LogP contribution in [0.1, 0.15) is 31.9 Å². The molecule has 0 spiro atoms. The first-order valence-corrected chi connectivity index (χ1v) is 11.3. The first-order valence-electron chi connectivity index (χ1n) is 11.3. The van der Waals surface area contributed by atoms with Crippen LogP contribution in [0.25, 0.3) is 11.0 Å². The minimum Gasteiger partial charge on any atom is -0.490 e. The maximum absolute atomic E-state index is 13.8. The third kappa shape index (κ3) is 5.52. The third-order valence-electron chi connectivity index (χ3n) is 5.51. The zero-order valence-electron chi connectivity index (χ0n) is 19.0. The van der Waals surface area contributed by atoms with Gasteiger partial charge in [0.25, 0.3) is 11.7 Å². The van der Waals surface area contributed by atoms with Crippen molar-refractivity contribution in [2.45, 2.75) is 32.4 Å². The fourth-order valence-electron chi connectivity index (χ4n) is 3.82. The Hall–Kier alpha value is -3.69. The molecule has 0 atom stereocenters. The lowest BCUT2D eigenvalue weighted by molar-refractivity contribution is -0.154. The van der Waals surface area contributed by atoms with Gasteiger partial charge in [0.15, 0.2) is 18.1 Å². The normalized spacial score (nSPS) is 14.1. The maximum atomic E-state index is 13.8. The molecule has 2 heterocycles. The van der Waals surface area contributed by atoms with Crippen molar-refractivity contribution < 1.29 is 36.6 Å². The van der Waals surface area contributed by atoms with E-state index < -0.39 is 23.1 Å². The van der Waals surface area contributed by atoms with Gasteiger partial charge in [-0.1, -0.05) is 12.1 Å². The van der Waals surface area contributed by atoms with Gasteiger partial charge in [0, 0.05) is 19.2 Å². The Morgan fingerprint density at radius 3 is 2.43 bits per heavy atom. The molecule has 3 aromatic rings. The van der Waals surface area contributed by atoms with Gasteiger partial charge in [-0.25, -0.2) is 0 Å². The van der Waals surface area contributed by atoms with Crippen molar-refractivity contribution in [1.82, 2.24) is 4.90 Å². The summed E-state index contributed by atoms with van der Waals surface area (Å²) in [7, 11) is 0. The Morgan fingerprint density at radius 2 is 1.74 bits per heavy atom. The molecule has 0 unspecified atom stereocenters. The standard InChI is InChI=1S/C25H24F3NO6/c1-2-32-18-8-4-5-9-19(18)34-23-22(31)17-11-10-16(14-20(17)35-24(23)25(26,27)28)33-15-21(30)29-12-6-3-7-13-29/h4-5,8-11,14H,2-3,6-7,12-13,15H2,1H3. The van der Waals surface area contributed by atoms with Crippen molar-refractivity contribution >= 4 is 16.9 Å². The molecule has 1 aliphatic rings. The summed E-state index contributed by atoms with van der Waals surface area (Å²) < 4.78 is 62.9. The van der Waals surface area contributed by atoms with E-state index in [0.717, 1.165) is 25.3 Å². The average Bonchev–Trinajstić information content (AvgIpc) is 2.85. The van der Waals surface area contributed by atoms with Crippen LogP contribution in [-0.4, -0.2) is 37.1 Å². The number of hydrogen-bond donors (Lipinski definition) is 0. The van der Waals surface area contributed by atoms with Crippen LogP contribution in [0.2, 0.25) is 0 Å². The van der Waals surface area contributed by atoms with Gasteiger partial charge in [0.05, 0.1) is 12.0 Å². The summed E-state index contributed by atoms with van der Waals surface area (Å²) >= 11 is 0. The summed E-state index contributed by atoms with van der Waals surface area (Å²) in [6, 6.07) is 9.92. The number of carbonyl (C=O) groups excluding carboxylic acids is 1. The van der Waals surface area contributed by atoms with E-state index in [2.05, 4.69) is 0 Å². The van der Waals surface area contributed by atoms with Crippen LogP contribution in [0.3, 0.4) is 0 Å². The summed E-state index contributed by atoms with van der Waals surface area (Å²) in [6.45, 7) is 3.00. The molecule has 7 nitrogen and oxygen atoms in total. The molecule has 4 rings (SSSR count). The van der Waals surface area contributed by atoms with Crippen LogP contribution < -0.4 is 19.6 Å². The first-order chi connectivity index (χ1) is 16.8. The van der Waals surface area contributed by atoms with E-state index in [0.29, 0.717) is 13.1 Å². The molecule has 10 heteroatoms. The van der Waals surface area contributed by atoms with Crippen LogP contribution in [0.4, 0.5) is 13.2 Å². The minimum atomic E-state index is -5.01. The molecule has 0 aliphatic carbocycles. The van der Waals surface area contributed by atoms with Crippen molar-refractivity contribution in [3.05, 3.63) is 58.4 Å². The number of carbonyl (C=O) groups is 1. The summed E-state index contributed by atoms with van der Waals surface area (Å²) in [5.41, 5.74) is -1.34. The van der Waals surface area contributed by atoms with Crippen molar-refractivity contribution in [2.24, 2.45) is 0 Å². The van der Waals surface area contributed by atoms with Gasteiger partial charge >= 0.3 is 6.18 Å². The van der Waals surface area contributed by atoms with E-state index >= 15 is 0 Å². The molecule has 0 bridgehead atoms. The number of nitrogens with zero attached hydrogens (tertiary/aromatic N) is 1. The highest BCUT2D eigenvalue weighted by atomic mass is 19.4. The van der Waals surface area contributed by atoms with Gasteiger partial charge in [-0.15, -0.1) is 0 Å². The lowest BCUT2D eigenvalue weighted by atomic mass is 10.1. The van der Waals surface area contributed by atoms with E-state index in [1.165, 1.54) is 24.3 Å². The van der Waals surface area contributed by atoms with Gasteiger partial charge in [-0.2, -0.15) is 13.2 Å². The smallest absolute Gasteiger partial charge is 0.453 e. The number of para-hydroxylation sites is 2. The molecular weight excluding hydrogens is 467 g/mol. The highest BCUT2D eigenvalue weighted by Crippen LogP contribution is 2.40. The predicted octanol–water partition coefficient (Wildman–Crippen LogP) is 5.39. The van der Waals surface area contributed by atoms with E-state index in [-0.39, 0.29) is 47.3 Å². The number of likely N-dealkylation sites (tertiary alicyclic amines) is 1. The Morgan fingerprint density at radius 1 is 1.03 bits per heavy atom. The number of benzene rings is 2. The average molecular weight is 491 g/mol. The zero-order valence-corrected chi connectivity index (χ0v) is 19.0. The van der Waals surface area contributed by atoms with Gasteiger partial charge in [-0.3, -0.25) is 9.59 Å². The largest absolute Gasteiger partial charge is 0.490 e. The summed E-state index contributed by atoms with van der Waals surface area (Å²) in [5.74, 6) is -2.55. The number of fused-ring (bicyclic) bond motifs is 1. The second-order valence-corrected chi connectivity index (χ2v) is 7.96. The molecule has 1 aliphatic heterocycles. The molecule has 0 saturated carbocycles. The molecule has 2 aromatic carbocycles. The quantitative estimate of drug-likeness (QED) is 0.441. The highest BCUT2D eigenvalue weighted by molar-refractivity contribution is 5.81. The van der Waals surface area contributed by atoms with Crippen LogP contribution in [0.5, 0.6) is 23.0 Å². The molecule has 1 amide bonds. The molecular formula is C25H24F3NO6. The number of piperidine rings is 1. The molecule has 35 heavy (non-hydrogen) atoms. The number of hydrogen-bond acceptors (Lipinski definition) is 6. The number of amides is 1. The highest BCUT2D eigenvalue weighted by Gasteiger charge is 2.40. The van der Waals surface area contributed by atoms with Crippen molar-refractivity contribution in [3.63, 3.8) is 0 Å². The SMILES string of the molecule is CCOc1ccccc1Oc1c(C(F)(F)F)oc2cc(OCC(=O)N3CCCCC3)ccc2c1=O. The Bertz CT molecular complexity index is 1260. The van der Waals surface area contributed by atoms with Crippen LogP contribution in [0, 0.1) is 0 Å². The van der Waals surface area contributed by atoms with E-state index in [1.807, 2.05) is 0 Å². The molecule has 1 fully saturated rings. The lowest BCUT2D eigenvalue weighted by Crippen LogP contribution is -2.38. The van der Waals surface area contributed by atoms with Crippen molar-refractivity contribution in [2.75, 3.05) is 26.3 Å². The fraction of sp³-hybridized carbons (Fsp3) is 0.360. The Kier molecular flexibility index (Phi) is 7.18. The third-order valence-corrected chi connectivity index (χ3v) is 5.51. The summed E-state index contributed by atoms with van der Waals surface area (Å²) in [5, 5.41) is -0.128. The number of ether oxygens (including phenoxy) is 3. The van der Waals surface area contributed by atoms with Gasteiger partial charge in [-0.05, 0) is 50.5 Å². The first kappa shape index (κ1) is 24.4. The monoisotopic (exact) mass is 491 g/mol. The molecule has 186 valence electrons. The van der Waals surface area contributed by atoms with Gasteiger partial charge < -0.3 is 23.5 Å². The topological polar surface area (TPSA) is 78.2 Å². The summed E-state index contributed by atoms with van der Waals surface area (Å²) in [4.78, 5) is 27.0. The van der Waals surface area contributed by atoms with Crippen LogP contribution >= 0.6 is 0 Å². The van der Waals surface area contributed by atoms with Crippen molar-refractivity contribution in [3.8, 4) is 23.0 Å². The summed E-state index contributed by atoms with van der Waals surface area (Å²) in [6.07, 6.45) is -2.10. The maximum Gasteiger partial charge on any atom is 0.453 e. The Labute approximate surface area is 199 Å². The predicted molar refractivity (Wildman–Crippen MR) is 121 cm³/mol. The Balaban J connectivity index is 1.66. The fourth-order valence-corrected chi connectivity index (χ4v) is 3.82. The number of alkyl halides is 3. The van der Waals surface area contributed by atoms with Gasteiger partial charge in [0.1, 0.15) is 11.3 Å². The molecule has 0 N–H and O–H groups in total.